The second kappa shape index (κ2) is 3.66. The van der Waals surface area contributed by atoms with Crippen LogP contribution in [0, 0.1) is 6.92 Å². The summed E-state index contributed by atoms with van der Waals surface area (Å²) in [5.41, 5.74) is 4.75. The highest BCUT2D eigenvalue weighted by molar-refractivity contribution is 5.31. The third kappa shape index (κ3) is 1.75. The molecule has 0 atom stereocenters. The molecule has 13 heavy (non-hydrogen) atoms. The first-order chi connectivity index (χ1) is 6.07. The number of pyridine rings is 1. The van der Waals surface area contributed by atoms with Gasteiger partial charge in [-0.05, 0) is 12.5 Å². The summed E-state index contributed by atoms with van der Waals surface area (Å²) in [5, 5.41) is 0. The minimum atomic E-state index is -2.65. The van der Waals surface area contributed by atoms with Crippen molar-refractivity contribution < 1.29 is 8.78 Å². The predicted molar refractivity (Wildman–Crippen MR) is 44.6 cm³/mol. The molecule has 0 aliphatic rings. The van der Waals surface area contributed by atoms with E-state index in [-0.39, 0.29) is 17.7 Å². The normalized spacial score (nSPS) is 10.8. The Morgan fingerprint density at radius 3 is 2.62 bits per heavy atom. The van der Waals surface area contributed by atoms with Crippen molar-refractivity contribution in [2.75, 3.05) is 0 Å². The van der Waals surface area contributed by atoms with Gasteiger partial charge in [0.25, 0.3) is 12.0 Å². The summed E-state index contributed by atoms with van der Waals surface area (Å²) in [4.78, 5) is 13.4. The average Bonchev–Trinajstić information content (AvgIpc) is 2.07. The fraction of sp³-hybridized carbons (Fsp3) is 0.375. The lowest BCUT2D eigenvalue weighted by Crippen LogP contribution is -2.19. The predicted octanol–water partition coefficient (Wildman–Crippen LogP) is 1.08. The van der Waals surface area contributed by atoms with Gasteiger partial charge in [-0.25, -0.2) is 8.78 Å². The molecule has 3 nitrogen and oxygen atoms in total. The van der Waals surface area contributed by atoms with Gasteiger partial charge in [0.2, 0.25) is 0 Å². The fourth-order valence-corrected chi connectivity index (χ4v) is 1.21. The first-order valence-electron chi connectivity index (χ1n) is 3.77. The van der Waals surface area contributed by atoms with Gasteiger partial charge in [0.15, 0.2) is 0 Å². The second-order valence-electron chi connectivity index (χ2n) is 2.70. The van der Waals surface area contributed by atoms with Crippen molar-refractivity contribution in [3.63, 3.8) is 0 Å². The largest absolute Gasteiger partial charge is 0.329 e. The number of nitrogens with one attached hydrogen (secondary N) is 1. The van der Waals surface area contributed by atoms with Crippen molar-refractivity contribution in [1.29, 1.82) is 0 Å². The molecule has 0 saturated heterocycles. The zero-order valence-corrected chi connectivity index (χ0v) is 7.10. The van der Waals surface area contributed by atoms with Crippen molar-refractivity contribution in [2.45, 2.75) is 19.9 Å². The van der Waals surface area contributed by atoms with Gasteiger partial charge in [-0.3, -0.25) is 4.79 Å². The van der Waals surface area contributed by atoms with E-state index in [9.17, 15) is 13.6 Å². The number of hydrogen-bond donors (Lipinski definition) is 2. The number of nitrogens with two attached hydrogens (primary N) is 1. The van der Waals surface area contributed by atoms with Crippen molar-refractivity contribution in [3.05, 3.63) is 33.2 Å². The molecule has 72 valence electrons. The monoisotopic (exact) mass is 188 g/mol. The quantitative estimate of drug-likeness (QED) is 0.729. The lowest BCUT2D eigenvalue weighted by atomic mass is 10.1. The third-order valence-corrected chi connectivity index (χ3v) is 1.87. The van der Waals surface area contributed by atoms with Crippen LogP contribution in [0.3, 0.4) is 0 Å². The molecule has 0 bridgehead atoms. The molecule has 0 spiro atoms. The molecule has 1 heterocycles. The number of halogens is 2. The first kappa shape index (κ1) is 9.85. The van der Waals surface area contributed by atoms with Crippen LogP contribution in [0.5, 0.6) is 0 Å². The Hall–Kier alpha value is -1.23. The summed E-state index contributed by atoms with van der Waals surface area (Å²) in [5.74, 6) is 0. The van der Waals surface area contributed by atoms with Crippen LogP contribution in [0.15, 0.2) is 11.0 Å². The van der Waals surface area contributed by atoms with Crippen molar-refractivity contribution in [1.82, 2.24) is 4.98 Å². The molecule has 3 N–H and O–H groups in total. The van der Waals surface area contributed by atoms with Gasteiger partial charge in [0.05, 0.1) is 0 Å². The summed E-state index contributed by atoms with van der Waals surface area (Å²) in [6.45, 7) is 1.34. The fourth-order valence-electron chi connectivity index (χ4n) is 1.21. The molecule has 0 radical (unpaired) electrons. The van der Waals surface area contributed by atoms with Crippen LogP contribution >= 0.6 is 0 Å². The third-order valence-electron chi connectivity index (χ3n) is 1.87. The molecule has 5 heteroatoms. The van der Waals surface area contributed by atoms with E-state index in [4.69, 9.17) is 5.73 Å². The Bertz CT molecular complexity index is 360. The summed E-state index contributed by atoms with van der Waals surface area (Å²) in [6.07, 6.45) is -1.39. The zero-order chi connectivity index (χ0) is 10.0. The molecule has 0 saturated carbocycles. The molecule has 0 aliphatic heterocycles. The summed E-state index contributed by atoms with van der Waals surface area (Å²) >= 11 is 0. The first-order valence-corrected chi connectivity index (χ1v) is 3.77. The molecule has 1 rings (SSSR count). The van der Waals surface area contributed by atoms with Crippen molar-refractivity contribution in [2.24, 2.45) is 5.73 Å². The highest BCUT2D eigenvalue weighted by atomic mass is 19.3. The molecule has 0 amide bonds. The van der Waals surface area contributed by atoms with Crippen LogP contribution < -0.4 is 11.3 Å². The number of aromatic nitrogens is 1. The Morgan fingerprint density at radius 2 is 2.23 bits per heavy atom. The Morgan fingerprint density at radius 1 is 1.62 bits per heavy atom. The molecule has 0 aromatic carbocycles. The zero-order valence-electron chi connectivity index (χ0n) is 7.10. The number of H-pyrrole nitrogens is 1. The maximum atomic E-state index is 12.4. The number of aryl methyl sites for hydroxylation is 1. The van der Waals surface area contributed by atoms with E-state index in [1.54, 1.807) is 0 Å². The number of alkyl halides is 2. The highest BCUT2D eigenvalue weighted by Crippen LogP contribution is 2.23. The van der Waals surface area contributed by atoms with Gasteiger partial charge in [0, 0.05) is 23.9 Å². The van der Waals surface area contributed by atoms with Crippen molar-refractivity contribution >= 4 is 0 Å². The van der Waals surface area contributed by atoms with Gasteiger partial charge in [-0.2, -0.15) is 0 Å². The van der Waals surface area contributed by atoms with Crippen LogP contribution in [-0.4, -0.2) is 4.98 Å². The molecule has 1 aromatic rings. The lowest BCUT2D eigenvalue weighted by Gasteiger charge is -2.08. The van der Waals surface area contributed by atoms with E-state index in [0.29, 0.717) is 5.56 Å². The van der Waals surface area contributed by atoms with E-state index >= 15 is 0 Å². The minimum Gasteiger partial charge on any atom is -0.329 e. The van der Waals surface area contributed by atoms with E-state index in [0.717, 1.165) is 0 Å². The SMILES string of the molecule is Cc1c[nH]c(=O)c(CN)c1C(F)F. The standard InChI is InChI=1S/C8H10F2N2O/c1-4-3-12-8(13)5(2-11)6(4)7(9)10/h3,7H,2,11H2,1H3,(H,12,13). The molecule has 1 aromatic heterocycles. The number of rotatable bonds is 2. The molecular formula is C8H10F2N2O. The number of hydrogen-bond acceptors (Lipinski definition) is 2. The van der Waals surface area contributed by atoms with E-state index in [2.05, 4.69) is 4.98 Å². The molecule has 0 fully saturated rings. The van der Waals surface area contributed by atoms with Crippen molar-refractivity contribution in [3.8, 4) is 0 Å². The Labute approximate surface area is 73.6 Å². The van der Waals surface area contributed by atoms with E-state index in [1.165, 1.54) is 13.1 Å². The maximum Gasteiger partial charge on any atom is 0.264 e. The smallest absolute Gasteiger partial charge is 0.264 e. The van der Waals surface area contributed by atoms with Crippen LogP contribution in [-0.2, 0) is 6.54 Å². The van der Waals surface area contributed by atoms with Crippen LogP contribution in [0.2, 0.25) is 0 Å². The average molecular weight is 188 g/mol. The lowest BCUT2D eigenvalue weighted by molar-refractivity contribution is 0.149. The maximum absolute atomic E-state index is 12.4. The highest BCUT2D eigenvalue weighted by Gasteiger charge is 2.17. The summed E-state index contributed by atoms with van der Waals surface area (Å²) in [6, 6.07) is 0. The van der Waals surface area contributed by atoms with Gasteiger partial charge < -0.3 is 10.7 Å². The molecule has 0 unspecified atom stereocenters. The second-order valence-corrected chi connectivity index (χ2v) is 2.70. The van der Waals surface area contributed by atoms with Gasteiger partial charge >= 0.3 is 0 Å². The minimum absolute atomic E-state index is 0.0324. The van der Waals surface area contributed by atoms with E-state index < -0.39 is 12.0 Å². The van der Waals surface area contributed by atoms with Gasteiger partial charge in [-0.15, -0.1) is 0 Å². The topological polar surface area (TPSA) is 58.9 Å². The van der Waals surface area contributed by atoms with Crippen LogP contribution in [0.25, 0.3) is 0 Å². The Kier molecular flexibility index (Phi) is 2.77. The van der Waals surface area contributed by atoms with Gasteiger partial charge in [0.1, 0.15) is 0 Å². The van der Waals surface area contributed by atoms with E-state index in [1.807, 2.05) is 0 Å². The Balaban J connectivity index is 3.44. The summed E-state index contributed by atoms with van der Waals surface area (Å²) in [7, 11) is 0. The summed E-state index contributed by atoms with van der Waals surface area (Å²) < 4.78 is 24.9. The number of aromatic amines is 1. The molecule has 0 aliphatic carbocycles. The van der Waals surface area contributed by atoms with Crippen LogP contribution in [0.4, 0.5) is 8.78 Å². The molecular weight excluding hydrogens is 178 g/mol. The van der Waals surface area contributed by atoms with Gasteiger partial charge in [-0.1, -0.05) is 0 Å². The van der Waals surface area contributed by atoms with Crippen LogP contribution in [0.1, 0.15) is 23.1 Å².